The number of nitrogens with zero attached hydrogens (tertiary/aromatic N) is 2. The smallest absolute Gasteiger partial charge is 0.319 e. The summed E-state index contributed by atoms with van der Waals surface area (Å²) in [5.41, 5.74) is 14.9. The minimum absolute atomic E-state index is 0.0462. The Bertz CT molecular complexity index is 5350. The number of amides is 4. The Morgan fingerprint density at radius 3 is 0.915 bits per heavy atom. The van der Waals surface area contributed by atoms with Crippen molar-refractivity contribution < 1.29 is 28.8 Å². The third-order valence-electron chi connectivity index (χ3n) is 27.9. The summed E-state index contributed by atoms with van der Waals surface area (Å²) in [6.07, 6.45) is 38.1. The summed E-state index contributed by atoms with van der Waals surface area (Å²) >= 11 is 0. The summed E-state index contributed by atoms with van der Waals surface area (Å²) in [6.45, 7) is 8.32. The second kappa shape index (κ2) is 63.4. The van der Waals surface area contributed by atoms with Crippen molar-refractivity contribution in [3.8, 4) is 12.1 Å². The molecule has 5 heterocycles. The summed E-state index contributed by atoms with van der Waals surface area (Å²) < 4.78 is 0. The van der Waals surface area contributed by atoms with E-state index in [0.717, 1.165) is 168 Å². The largest absolute Gasteiger partial charge is 0.338 e. The molecule has 10 aromatic rings. The molecular weight excluding hydrogens is 1740 g/mol. The molecule has 5 aliphatic heterocycles. The summed E-state index contributed by atoms with van der Waals surface area (Å²) in [5, 5.41) is 62.0. The fourth-order valence-corrected chi connectivity index (χ4v) is 20.6. The second-order valence-corrected chi connectivity index (χ2v) is 39.5. The predicted molar refractivity (Wildman–Crippen MR) is 575 cm³/mol. The highest BCUT2D eigenvalue weighted by Gasteiger charge is 2.28. The zero-order chi connectivity index (χ0) is 98.9. The van der Waals surface area contributed by atoms with E-state index in [4.69, 9.17) is 21.3 Å². The van der Waals surface area contributed by atoms with Gasteiger partial charge in [-0.1, -0.05) is 244 Å². The first-order valence-electron chi connectivity index (χ1n) is 52.3. The summed E-state index contributed by atoms with van der Waals surface area (Å²) in [6, 6.07) is 97.1. The van der Waals surface area contributed by atoms with Crippen molar-refractivity contribution in [2.24, 2.45) is 29.6 Å². The van der Waals surface area contributed by atoms with Crippen molar-refractivity contribution in [3.05, 3.63) is 345 Å². The molecule has 0 aromatic heterocycles. The van der Waals surface area contributed by atoms with Crippen LogP contribution in [0.3, 0.4) is 0 Å². The number of anilines is 2. The van der Waals surface area contributed by atoms with E-state index >= 15 is 0 Å². The Morgan fingerprint density at radius 2 is 0.603 bits per heavy atom. The van der Waals surface area contributed by atoms with E-state index in [1.165, 1.54) is 137 Å². The summed E-state index contributed by atoms with van der Waals surface area (Å²) in [5.74, 6) is 4.69. The van der Waals surface area contributed by atoms with Gasteiger partial charge in [0.1, 0.15) is 17.3 Å². The molecule has 10 aromatic carbocycles. The minimum atomic E-state index is -0.235. The first kappa shape index (κ1) is 109. The van der Waals surface area contributed by atoms with Crippen LogP contribution in [0.15, 0.2) is 273 Å². The van der Waals surface area contributed by atoms with Gasteiger partial charge in [-0.2, -0.15) is 10.5 Å². The van der Waals surface area contributed by atoms with Gasteiger partial charge in [-0.3, -0.25) is 19.2 Å². The molecule has 5 saturated heterocycles. The van der Waals surface area contributed by atoms with Crippen molar-refractivity contribution in [1.29, 1.82) is 21.3 Å². The average Bonchev–Trinajstić information content (AvgIpc) is 0.895. The van der Waals surface area contributed by atoms with Gasteiger partial charge >= 0.3 is 12.1 Å². The quantitative estimate of drug-likeness (QED) is 0.00963. The minimum Gasteiger partial charge on any atom is -0.338 e. The highest BCUT2D eigenvalue weighted by atomic mass is 16.2. The number of hydrogen-bond donors (Lipinski definition) is 11. The van der Waals surface area contributed by atoms with Crippen LogP contribution in [0.4, 0.5) is 21.0 Å². The second-order valence-electron chi connectivity index (χ2n) is 39.5. The van der Waals surface area contributed by atoms with Gasteiger partial charge in [0, 0.05) is 111 Å². The van der Waals surface area contributed by atoms with Crippen LogP contribution >= 0.6 is 0 Å². The maximum absolute atomic E-state index is 12.3. The molecule has 15 rings (SSSR count). The molecule has 0 unspecified atom stereocenters. The molecule has 742 valence electrons. The first-order valence-corrected chi connectivity index (χ1v) is 52.3. The number of Topliss-reactive ketones (excluding diaryl/α,β-unsaturated/α-hetero) is 4. The molecule has 0 spiro atoms. The molecular formula is C122H153N13O6. The molecule has 0 saturated carbocycles. The van der Waals surface area contributed by atoms with E-state index in [0.29, 0.717) is 127 Å². The predicted octanol–water partition coefficient (Wildman–Crippen LogP) is 23.2. The zero-order valence-electron chi connectivity index (χ0n) is 83.2. The number of ketones is 4. The first-order chi connectivity index (χ1) is 69.0. The molecule has 19 heteroatoms. The van der Waals surface area contributed by atoms with Crippen molar-refractivity contribution in [2.75, 3.05) is 56.4 Å². The third kappa shape index (κ3) is 43.7. The molecule has 19 nitrogen and oxygen atoms in total. The van der Waals surface area contributed by atoms with Gasteiger partial charge in [0.2, 0.25) is 0 Å². The van der Waals surface area contributed by atoms with Gasteiger partial charge in [-0.25, -0.2) is 9.59 Å². The fraction of sp³-hybridized carbons (Fsp3) is 0.426. The number of nitriles is 2. The number of carbonyl (C=O) groups is 6. The Labute approximate surface area is 840 Å². The Balaban J connectivity index is 0.000000168. The van der Waals surface area contributed by atoms with Crippen molar-refractivity contribution in [1.82, 2.24) is 37.2 Å². The van der Waals surface area contributed by atoms with Crippen LogP contribution in [0.25, 0.3) is 0 Å². The van der Waals surface area contributed by atoms with E-state index < -0.39 is 0 Å². The van der Waals surface area contributed by atoms with Crippen molar-refractivity contribution in [2.45, 2.75) is 255 Å². The van der Waals surface area contributed by atoms with E-state index in [9.17, 15) is 28.8 Å². The van der Waals surface area contributed by atoms with Gasteiger partial charge in [0.15, 0.2) is 5.78 Å². The van der Waals surface area contributed by atoms with Gasteiger partial charge in [0.05, 0.1) is 23.3 Å². The maximum Gasteiger partial charge on any atom is 0.319 e. The topological polar surface area (TPSA) is 306 Å². The van der Waals surface area contributed by atoms with E-state index in [-0.39, 0.29) is 23.6 Å². The molecule has 141 heavy (non-hydrogen) atoms. The number of carbonyl (C=O) groups excluding carboxylic acids is 6. The van der Waals surface area contributed by atoms with E-state index in [1.807, 2.05) is 66.7 Å². The zero-order valence-corrected chi connectivity index (χ0v) is 83.2. The third-order valence-corrected chi connectivity index (χ3v) is 27.9. The SMILES string of the molecule is CC(=O)c1cccc(CC(=O)CCCC[C@H]2C[C@H](Cc3ccccc3)CCN2)c1.N#Cc1cccc(NC(=O)NCCCC[C@H]2C[C@H](Cc3ccccc3)CCN2)c1.N#Cc1cccc(NC(=O)NCC[C@H]2C[C@H](Cc3ccccc3)CCN2)c1.N=Cc1cccc(CC(=O)CCCC[C@@H]2C[C@H](Cc3ccccc3)CCN2)c1.N=Cc1cccc(CC(=O)CCCC[C@H]2C[C@H](Cc3ccccc3)CCN2)c1. The fourth-order valence-electron chi connectivity index (χ4n) is 20.6. The molecule has 5 fully saturated rings. The van der Waals surface area contributed by atoms with Crippen LogP contribution in [0, 0.1) is 63.1 Å². The number of benzene rings is 10. The number of piperidine rings is 5. The number of urea groups is 2. The number of rotatable bonds is 44. The number of unbranched alkanes of at least 4 members (excludes halogenated alkanes) is 4. The standard InChI is InChI=1S/C26H33NO2.2C25H32N2O.C24H30N4O.C22H26N4O/c1-20(28)24-11-7-10-22(17-24)19-26(29)13-6-5-12-25-18-23(14-15-27-25)16-21-8-3-2-4-9-21;2*26-19-23-10-6-9-21(16-23)18-25(28)12-5-4-11-24-17-22(13-14-27-24)15-20-7-2-1-3-8-20;25-18-21-9-6-11-23(17-21)28-24(29)27-13-5-4-10-22-16-20(12-14-26-22)15-19-7-2-1-3-8-19;23-16-19-7-4-8-21(15-19)26-22(27)25-12-10-20-14-18(9-11-24-20)13-17-5-2-1-3-6-17/h2-4,7-11,17,23,25,27H,5-6,12-16,18-19H2,1H3;2*1-3,6-10,16,19,22,24,26-27H,4-5,11-15,17-18H2;1-3,6-9,11,17,20,22,26H,4-5,10,12-16H2,(H2,27,28,29);1-8,15,18,20,24H,9-14H2,(H2,25,26,27)/t23-,25-;22-,24+;22-,24-;20-,22-;18-,20-/m00000/s1. The maximum atomic E-state index is 12.3. The van der Waals surface area contributed by atoms with Gasteiger partial charge < -0.3 is 58.7 Å². The van der Waals surface area contributed by atoms with Gasteiger partial charge in [-0.15, -0.1) is 0 Å². The van der Waals surface area contributed by atoms with Crippen LogP contribution in [-0.2, 0) is 65.8 Å². The Kier molecular flexibility index (Phi) is 48.9. The van der Waals surface area contributed by atoms with Gasteiger partial charge in [0.25, 0.3) is 0 Å². The average molecular weight is 1900 g/mol. The monoisotopic (exact) mass is 1900 g/mol. The normalized spacial score (nSPS) is 19.1. The lowest BCUT2D eigenvalue weighted by atomic mass is 9.85. The molecule has 4 amide bonds. The highest BCUT2D eigenvalue weighted by Crippen LogP contribution is 2.31. The molecule has 0 bridgehead atoms. The van der Waals surface area contributed by atoms with Crippen LogP contribution in [0.2, 0.25) is 0 Å². The Hall–Kier alpha value is -12.5. The number of hydrogen-bond acceptors (Lipinski definition) is 15. The molecule has 10 atom stereocenters. The van der Waals surface area contributed by atoms with Crippen LogP contribution < -0.4 is 47.9 Å². The lowest BCUT2D eigenvalue weighted by Crippen LogP contribution is -2.41. The molecule has 0 radical (unpaired) electrons. The number of nitrogens with one attached hydrogen (secondary N) is 11. The van der Waals surface area contributed by atoms with Crippen LogP contribution in [0.1, 0.15) is 251 Å². The Morgan fingerprint density at radius 1 is 0.319 bits per heavy atom. The van der Waals surface area contributed by atoms with Gasteiger partial charge in [-0.05, 0) is 334 Å². The van der Waals surface area contributed by atoms with Crippen molar-refractivity contribution in [3.63, 3.8) is 0 Å². The summed E-state index contributed by atoms with van der Waals surface area (Å²) in [7, 11) is 0. The van der Waals surface area contributed by atoms with E-state index in [1.54, 1.807) is 61.5 Å². The van der Waals surface area contributed by atoms with E-state index in [2.05, 4.69) is 212 Å². The highest BCUT2D eigenvalue weighted by molar-refractivity contribution is 5.94. The molecule has 11 N–H and O–H groups in total. The molecule has 0 aliphatic carbocycles. The van der Waals surface area contributed by atoms with Crippen LogP contribution in [0.5, 0.6) is 0 Å². The van der Waals surface area contributed by atoms with Crippen molar-refractivity contribution >= 4 is 59.0 Å². The lowest BCUT2D eigenvalue weighted by Gasteiger charge is -2.30. The summed E-state index contributed by atoms with van der Waals surface area (Å²) in [4.78, 5) is 72.3. The lowest BCUT2D eigenvalue weighted by molar-refractivity contribution is -0.119. The van der Waals surface area contributed by atoms with Crippen LogP contribution in [-0.4, -0.2) is 124 Å². The molecule has 5 aliphatic rings.